The van der Waals surface area contributed by atoms with E-state index in [1.54, 1.807) is 30.1 Å². The van der Waals surface area contributed by atoms with Crippen LogP contribution < -0.4 is 19.1 Å². The number of aryl methyl sites for hydroxylation is 1. The average Bonchev–Trinajstić information content (AvgIpc) is 3.64. The lowest BCUT2D eigenvalue weighted by atomic mass is 9.99. The number of thiazole rings is 1. The molecule has 9 nitrogen and oxygen atoms in total. The third kappa shape index (κ3) is 4.30. The van der Waals surface area contributed by atoms with Crippen molar-refractivity contribution in [2.24, 2.45) is 5.92 Å². The zero-order valence-electron chi connectivity index (χ0n) is 19.7. The molecule has 35 heavy (non-hydrogen) atoms. The summed E-state index contributed by atoms with van der Waals surface area (Å²) in [6, 6.07) is 5.77. The minimum Gasteiger partial charge on any atom is -0.496 e. The molecule has 6 rings (SSSR count). The number of hydrogen-bond donors (Lipinski definition) is 0. The fraction of sp³-hybridized carbons (Fsp3) is 0.375. The molecule has 1 unspecified atom stereocenters. The van der Waals surface area contributed by atoms with Crippen molar-refractivity contribution in [3.05, 3.63) is 35.5 Å². The number of hydrogen-bond acceptors (Lipinski definition) is 10. The van der Waals surface area contributed by atoms with Crippen molar-refractivity contribution in [1.29, 1.82) is 0 Å². The Morgan fingerprint density at radius 3 is 2.86 bits per heavy atom. The Bertz CT molecular complexity index is 1450. The van der Waals surface area contributed by atoms with E-state index >= 15 is 0 Å². The van der Waals surface area contributed by atoms with Gasteiger partial charge in [0.25, 0.3) is 5.19 Å². The van der Waals surface area contributed by atoms with Gasteiger partial charge in [-0.15, -0.1) is 16.4 Å². The lowest BCUT2D eigenvalue weighted by Gasteiger charge is -2.32. The predicted molar refractivity (Wildman–Crippen MR) is 136 cm³/mol. The molecule has 1 atom stereocenters. The van der Waals surface area contributed by atoms with E-state index in [1.165, 1.54) is 16.2 Å². The van der Waals surface area contributed by atoms with Gasteiger partial charge in [-0.3, -0.25) is 0 Å². The van der Waals surface area contributed by atoms with Crippen molar-refractivity contribution in [3.63, 3.8) is 0 Å². The summed E-state index contributed by atoms with van der Waals surface area (Å²) in [6.07, 6.45) is 6.04. The maximum atomic E-state index is 6.38. The number of benzene rings is 1. The van der Waals surface area contributed by atoms with Crippen molar-refractivity contribution in [2.75, 3.05) is 38.8 Å². The molecule has 1 fully saturated rings. The van der Waals surface area contributed by atoms with Crippen LogP contribution in [0.5, 0.6) is 16.7 Å². The van der Waals surface area contributed by atoms with Crippen LogP contribution in [0, 0.1) is 12.8 Å². The van der Waals surface area contributed by atoms with Crippen LogP contribution in [0.1, 0.15) is 17.7 Å². The van der Waals surface area contributed by atoms with Gasteiger partial charge in [-0.05, 0) is 37.2 Å². The molecule has 0 N–H and O–H groups in total. The first-order valence-electron chi connectivity index (χ1n) is 11.4. The molecule has 5 heterocycles. The predicted octanol–water partition coefficient (Wildman–Crippen LogP) is 5.28. The number of methoxy groups -OCH3 is 2. The number of ether oxygens (including phenoxy) is 3. The SMILES string of the molecule is COc1cc(OCC2CCCN(c3ncc(C)s3)C2)c2cc(-c3cn4nc(OC)sc4n3)oc2c1. The van der Waals surface area contributed by atoms with Gasteiger partial charge in [0.1, 0.15) is 22.8 Å². The zero-order valence-corrected chi connectivity index (χ0v) is 21.3. The topological polar surface area (TPSA) is 87.2 Å². The van der Waals surface area contributed by atoms with Gasteiger partial charge in [0.05, 0.1) is 32.4 Å². The number of nitrogens with zero attached hydrogens (tertiary/aromatic N) is 5. The van der Waals surface area contributed by atoms with Gasteiger partial charge >= 0.3 is 0 Å². The first kappa shape index (κ1) is 22.2. The number of aromatic nitrogens is 4. The minimum absolute atomic E-state index is 0.418. The molecular weight excluding hydrogens is 486 g/mol. The summed E-state index contributed by atoms with van der Waals surface area (Å²) in [4.78, 5) is 13.6. The molecule has 11 heteroatoms. The Balaban J connectivity index is 1.24. The highest BCUT2D eigenvalue weighted by Crippen LogP contribution is 2.38. The molecule has 1 saturated heterocycles. The van der Waals surface area contributed by atoms with Gasteiger partial charge < -0.3 is 23.5 Å². The molecule has 5 aromatic rings. The van der Waals surface area contributed by atoms with Crippen molar-refractivity contribution < 1.29 is 18.6 Å². The molecule has 4 aromatic heterocycles. The van der Waals surface area contributed by atoms with Crippen LogP contribution in [0.2, 0.25) is 0 Å². The van der Waals surface area contributed by atoms with E-state index in [-0.39, 0.29) is 0 Å². The quantitative estimate of drug-likeness (QED) is 0.292. The standard InChI is InChI=1S/C24H25N5O4S2/c1-14-10-25-22(34-14)28-6-4-5-15(11-28)13-32-19-7-16(30-2)8-20-17(19)9-21(33-20)18-12-29-23(26-18)35-24(27-29)31-3/h7-10,12,15H,4-6,11,13H2,1-3H3. The second-order valence-electron chi connectivity index (χ2n) is 8.59. The Hall–Kier alpha value is -3.31. The first-order chi connectivity index (χ1) is 17.1. The van der Waals surface area contributed by atoms with Gasteiger partial charge in [0.15, 0.2) is 10.9 Å². The third-order valence-electron chi connectivity index (χ3n) is 6.13. The van der Waals surface area contributed by atoms with Crippen LogP contribution in [0.25, 0.3) is 27.4 Å². The monoisotopic (exact) mass is 511 g/mol. The van der Waals surface area contributed by atoms with E-state index < -0.39 is 0 Å². The van der Waals surface area contributed by atoms with E-state index in [0.29, 0.717) is 40.5 Å². The number of piperidine rings is 1. The van der Waals surface area contributed by atoms with Gasteiger partial charge in [-0.2, -0.15) is 0 Å². The molecule has 0 saturated carbocycles. The number of furan rings is 1. The van der Waals surface area contributed by atoms with Crippen molar-refractivity contribution in [2.45, 2.75) is 19.8 Å². The summed E-state index contributed by atoms with van der Waals surface area (Å²) in [5.41, 5.74) is 1.40. The Morgan fingerprint density at radius 1 is 1.17 bits per heavy atom. The molecule has 0 aliphatic carbocycles. The first-order valence-corrected chi connectivity index (χ1v) is 13.0. The van der Waals surface area contributed by atoms with E-state index in [9.17, 15) is 0 Å². The molecule has 1 aliphatic heterocycles. The summed E-state index contributed by atoms with van der Waals surface area (Å²) in [5.74, 6) is 2.51. The van der Waals surface area contributed by atoms with Crippen LogP contribution in [-0.2, 0) is 0 Å². The average molecular weight is 512 g/mol. The second-order valence-corrected chi connectivity index (χ2v) is 10.7. The van der Waals surface area contributed by atoms with E-state index in [2.05, 4.69) is 26.9 Å². The molecule has 0 spiro atoms. The lowest BCUT2D eigenvalue weighted by molar-refractivity contribution is 0.230. The molecule has 182 valence electrons. The summed E-state index contributed by atoms with van der Waals surface area (Å²) in [5, 5.41) is 6.90. The van der Waals surface area contributed by atoms with E-state index in [0.717, 1.165) is 47.2 Å². The molecule has 1 aromatic carbocycles. The van der Waals surface area contributed by atoms with Crippen LogP contribution in [0.15, 0.2) is 35.0 Å². The second kappa shape index (κ2) is 9.04. The Kier molecular flexibility index (Phi) is 5.73. The highest BCUT2D eigenvalue weighted by atomic mass is 32.1. The highest BCUT2D eigenvalue weighted by molar-refractivity contribution is 7.18. The minimum atomic E-state index is 0.418. The van der Waals surface area contributed by atoms with Crippen LogP contribution >= 0.6 is 22.7 Å². The third-order valence-corrected chi connectivity index (χ3v) is 7.99. The summed E-state index contributed by atoms with van der Waals surface area (Å²) >= 11 is 3.13. The molecular formula is C24H25N5O4S2. The normalized spacial score (nSPS) is 16.3. The fourth-order valence-corrected chi connectivity index (χ4v) is 5.89. The van der Waals surface area contributed by atoms with Gasteiger partial charge in [-0.1, -0.05) is 0 Å². The number of rotatable bonds is 7. The van der Waals surface area contributed by atoms with E-state index in [4.69, 9.17) is 18.6 Å². The Labute approximate surface area is 209 Å². The van der Waals surface area contributed by atoms with Crippen molar-refractivity contribution >= 4 is 43.7 Å². The summed E-state index contributed by atoms with van der Waals surface area (Å²) in [7, 11) is 3.24. The molecule has 0 amide bonds. The van der Waals surface area contributed by atoms with Crippen LogP contribution in [-0.4, -0.2) is 53.5 Å². The fourth-order valence-electron chi connectivity index (χ4n) is 4.40. The van der Waals surface area contributed by atoms with E-state index in [1.807, 2.05) is 30.6 Å². The highest BCUT2D eigenvalue weighted by Gasteiger charge is 2.23. The number of anilines is 1. The molecule has 0 radical (unpaired) electrons. The van der Waals surface area contributed by atoms with Crippen molar-refractivity contribution in [3.8, 4) is 28.1 Å². The lowest BCUT2D eigenvalue weighted by Crippen LogP contribution is -2.37. The molecule has 0 bridgehead atoms. The smallest absolute Gasteiger partial charge is 0.294 e. The number of fused-ring (bicyclic) bond motifs is 2. The summed E-state index contributed by atoms with van der Waals surface area (Å²) < 4.78 is 24.9. The van der Waals surface area contributed by atoms with Gasteiger partial charge in [0, 0.05) is 42.2 Å². The van der Waals surface area contributed by atoms with Gasteiger partial charge in [0.2, 0.25) is 4.96 Å². The Morgan fingerprint density at radius 2 is 2.09 bits per heavy atom. The van der Waals surface area contributed by atoms with Crippen LogP contribution in [0.4, 0.5) is 5.13 Å². The maximum absolute atomic E-state index is 6.38. The largest absolute Gasteiger partial charge is 0.496 e. The maximum Gasteiger partial charge on any atom is 0.294 e. The van der Waals surface area contributed by atoms with Crippen LogP contribution in [0.3, 0.4) is 0 Å². The number of imidazole rings is 1. The van der Waals surface area contributed by atoms with Gasteiger partial charge in [-0.25, -0.2) is 14.5 Å². The molecule has 1 aliphatic rings. The zero-order chi connectivity index (χ0) is 23.9. The summed E-state index contributed by atoms with van der Waals surface area (Å²) in [6.45, 7) is 4.70. The van der Waals surface area contributed by atoms with Crippen molar-refractivity contribution in [1.82, 2.24) is 19.6 Å².